The third kappa shape index (κ3) is 5.14. The van der Waals surface area contributed by atoms with Crippen LogP contribution in [0.1, 0.15) is 43.2 Å². The smallest absolute Gasteiger partial charge is 0.224 e. The second kappa shape index (κ2) is 7.65. The van der Waals surface area contributed by atoms with E-state index in [9.17, 15) is 4.79 Å². The molecule has 0 atom stereocenters. The second-order valence-corrected chi connectivity index (χ2v) is 5.86. The van der Waals surface area contributed by atoms with Crippen LogP contribution in [0.25, 0.3) is 0 Å². The second-order valence-electron chi connectivity index (χ2n) is 5.86. The van der Waals surface area contributed by atoms with Gasteiger partial charge in [0.25, 0.3) is 0 Å². The van der Waals surface area contributed by atoms with Gasteiger partial charge in [-0.2, -0.15) is 0 Å². The molecule has 1 amide bonds. The van der Waals surface area contributed by atoms with Gasteiger partial charge in [-0.1, -0.05) is 49.1 Å². The summed E-state index contributed by atoms with van der Waals surface area (Å²) >= 11 is 0. The lowest BCUT2D eigenvalue weighted by Crippen LogP contribution is -2.51. The van der Waals surface area contributed by atoms with Crippen LogP contribution in [0.3, 0.4) is 0 Å². The summed E-state index contributed by atoms with van der Waals surface area (Å²) in [7, 11) is 0. The predicted molar refractivity (Wildman–Crippen MR) is 85.1 cm³/mol. The SMILES string of the molecule is Cc1ccc(CC(=O)NCC2(N)CCCCC2)cc1.Cl. The molecule has 3 N–H and O–H groups in total. The van der Waals surface area contributed by atoms with Gasteiger partial charge in [0.05, 0.1) is 6.42 Å². The number of aryl methyl sites for hydroxylation is 1. The van der Waals surface area contributed by atoms with Gasteiger partial charge in [0, 0.05) is 12.1 Å². The molecule has 0 aliphatic heterocycles. The van der Waals surface area contributed by atoms with Crippen molar-refractivity contribution in [2.24, 2.45) is 5.73 Å². The standard InChI is InChI=1S/C16H24N2O.ClH/c1-13-5-7-14(8-6-13)11-15(19)18-12-16(17)9-3-2-4-10-16;/h5-8H,2-4,9-12,17H2,1H3,(H,18,19);1H. The quantitative estimate of drug-likeness (QED) is 0.897. The first-order valence-corrected chi connectivity index (χ1v) is 7.19. The van der Waals surface area contributed by atoms with Gasteiger partial charge >= 0.3 is 0 Å². The van der Waals surface area contributed by atoms with Crippen LogP contribution in [-0.4, -0.2) is 18.0 Å². The lowest BCUT2D eigenvalue weighted by Gasteiger charge is -2.33. The van der Waals surface area contributed by atoms with Crippen molar-refractivity contribution in [2.75, 3.05) is 6.54 Å². The summed E-state index contributed by atoms with van der Waals surface area (Å²) in [6.07, 6.45) is 6.14. The molecule has 0 saturated heterocycles. The lowest BCUT2D eigenvalue weighted by atomic mass is 9.82. The molecule has 4 heteroatoms. The van der Waals surface area contributed by atoms with E-state index in [0.717, 1.165) is 18.4 Å². The molecule has 1 aromatic carbocycles. The molecule has 1 aliphatic carbocycles. The summed E-state index contributed by atoms with van der Waals surface area (Å²) in [5.74, 6) is 0.0688. The van der Waals surface area contributed by atoms with Crippen LogP contribution >= 0.6 is 12.4 Å². The summed E-state index contributed by atoms with van der Waals surface area (Å²) in [5, 5.41) is 2.99. The highest BCUT2D eigenvalue weighted by Crippen LogP contribution is 2.25. The molecule has 0 aromatic heterocycles. The maximum Gasteiger partial charge on any atom is 0.224 e. The maximum atomic E-state index is 11.9. The van der Waals surface area contributed by atoms with E-state index in [0.29, 0.717) is 13.0 Å². The molecule has 1 aromatic rings. The van der Waals surface area contributed by atoms with Gasteiger partial charge < -0.3 is 11.1 Å². The Hall–Kier alpha value is -1.06. The van der Waals surface area contributed by atoms with E-state index < -0.39 is 0 Å². The zero-order valence-electron chi connectivity index (χ0n) is 12.2. The molecule has 3 nitrogen and oxygen atoms in total. The Morgan fingerprint density at radius 1 is 1.20 bits per heavy atom. The number of hydrogen-bond donors (Lipinski definition) is 2. The first-order chi connectivity index (χ1) is 9.07. The fourth-order valence-electron chi connectivity index (χ4n) is 2.66. The monoisotopic (exact) mass is 296 g/mol. The van der Waals surface area contributed by atoms with Crippen molar-refractivity contribution in [1.29, 1.82) is 0 Å². The predicted octanol–water partition coefficient (Wildman–Crippen LogP) is 2.74. The minimum absolute atomic E-state index is 0. The molecule has 112 valence electrons. The Morgan fingerprint density at radius 3 is 2.40 bits per heavy atom. The van der Waals surface area contributed by atoms with Crippen molar-refractivity contribution in [3.8, 4) is 0 Å². The number of nitrogens with two attached hydrogens (primary N) is 1. The van der Waals surface area contributed by atoms with Crippen molar-refractivity contribution in [2.45, 2.75) is 51.0 Å². The van der Waals surface area contributed by atoms with Crippen molar-refractivity contribution in [1.82, 2.24) is 5.32 Å². The Bertz CT molecular complexity index is 425. The Morgan fingerprint density at radius 2 is 1.80 bits per heavy atom. The zero-order valence-corrected chi connectivity index (χ0v) is 13.0. The molecule has 20 heavy (non-hydrogen) atoms. The highest BCUT2D eigenvalue weighted by Gasteiger charge is 2.27. The first-order valence-electron chi connectivity index (χ1n) is 7.19. The molecular weight excluding hydrogens is 272 g/mol. The van der Waals surface area contributed by atoms with Crippen LogP contribution in [0.4, 0.5) is 0 Å². The summed E-state index contributed by atoms with van der Waals surface area (Å²) in [5.41, 5.74) is 8.40. The van der Waals surface area contributed by atoms with Gasteiger partial charge in [-0.3, -0.25) is 4.79 Å². The highest BCUT2D eigenvalue weighted by atomic mass is 35.5. The number of nitrogens with one attached hydrogen (secondary N) is 1. The lowest BCUT2D eigenvalue weighted by molar-refractivity contribution is -0.120. The minimum atomic E-state index is -0.179. The van der Waals surface area contributed by atoms with Crippen molar-refractivity contribution >= 4 is 18.3 Å². The number of rotatable bonds is 4. The molecular formula is C16H25ClN2O. The largest absolute Gasteiger partial charge is 0.354 e. The van der Waals surface area contributed by atoms with E-state index in [-0.39, 0.29) is 23.9 Å². The summed E-state index contributed by atoms with van der Waals surface area (Å²) in [6.45, 7) is 2.66. The molecule has 1 fully saturated rings. The van der Waals surface area contributed by atoms with Crippen LogP contribution in [0.5, 0.6) is 0 Å². The topological polar surface area (TPSA) is 55.1 Å². The molecule has 0 bridgehead atoms. The number of halogens is 1. The first kappa shape index (κ1) is 17.0. The van der Waals surface area contributed by atoms with Gasteiger partial charge in [0.2, 0.25) is 5.91 Å². The number of amides is 1. The number of carbonyl (C=O) groups excluding carboxylic acids is 1. The molecule has 0 heterocycles. The van der Waals surface area contributed by atoms with E-state index in [1.165, 1.54) is 24.8 Å². The molecule has 0 radical (unpaired) electrons. The van der Waals surface area contributed by atoms with Crippen molar-refractivity contribution < 1.29 is 4.79 Å². The van der Waals surface area contributed by atoms with Gasteiger partial charge in [-0.25, -0.2) is 0 Å². The maximum absolute atomic E-state index is 11.9. The number of carbonyl (C=O) groups is 1. The molecule has 1 saturated carbocycles. The normalized spacial score (nSPS) is 17.1. The van der Waals surface area contributed by atoms with Gasteiger partial charge in [-0.15, -0.1) is 12.4 Å². The fraction of sp³-hybridized carbons (Fsp3) is 0.562. The summed E-state index contributed by atoms with van der Waals surface area (Å²) < 4.78 is 0. The van der Waals surface area contributed by atoms with E-state index >= 15 is 0 Å². The average Bonchev–Trinajstić information content (AvgIpc) is 2.40. The summed E-state index contributed by atoms with van der Waals surface area (Å²) in [4.78, 5) is 11.9. The molecule has 2 rings (SSSR count). The third-order valence-corrected chi connectivity index (χ3v) is 3.97. The average molecular weight is 297 g/mol. The van der Waals surface area contributed by atoms with E-state index in [4.69, 9.17) is 5.73 Å². The van der Waals surface area contributed by atoms with Crippen LogP contribution in [-0.2, 0) is 11.2 Å². The Kier molecular flexibility index (Phi) is 6.50. The van der Waals surface area contributed by atoms with Crippen molar-refractivity contribution in [3.63, 3.8) is 0 Å². The molecule has 1 aliphatic rings. The minimum Gasteiger partial charge on any atom is -0.354 e. The van der Waals surface area contributed by atoms with Crippen LogP contribution in [0.15, 0.2) is 24.3 Å². The molecule has 0 unspecified atom stereocenters. The molecule has 0 spiro atoms. The fourth-order valence-corrected chi connectivity index (χ4v) is 2.66. The highest BCUT2D eigenvalue weighted by molar-refractivity contribution is 5.85. The van der Waals surface area contributed by atoms with E-state index in [1.807, 2.05) is 31.2 Å². The van der Waals surface area contributed by atoms with Crippen molar-refractivity contribution in [3.05, 3.63) is 35.4 Å². The Labute approximate surface area is 127 Å². The number of benzene rings is 1. The van der Waals surface area contributed by atoms with Crippen LogP contribution < -0.4 is 11.1 Å². The van der Waals surface area contributed by atoms with Crippen LogP contribution in [0.2, 0.25) is 0 Å². The van der Waals surface area contributed by atoms with E-state index in [2.05, 4.69) is 5.32 Å². The van der Waals surface area contributed by atoms with Gasteiger partial charge in [0.1, 0.15) is 0 Å². The number of hydrogen-bond acceptors (Lipinski definition) is 2. The Balaban J connectivity index is 0.00000200. The van der Waals surface area contributed by atoms with Crippen LogP contribution in [0, 0.1) is 6.92 Å². The van der Waals surface area contributed by atoms with Gasteiger partial charge in [-0.05, 0) is 25.3 Å². The van der Waals surface area contributed by atoms with Gasteiger partial charge in [0.15, 0.2) is 0 Å². The summed E-state index contributed by atoms with van der Waals surface area (Å²) in [6, 6.07) is 8.09. The zero-order chi connectivity index (χ0) is 13.7. The van der Waals surface area contributed by atoms with E-state index in [1.54, 1.807) is 0 Å². The third-order valence-electron chi connectivity index (χ3n) is 3.97.